The molecule has 0 saturated carbocycles. The molecule has 1 N–H and O–H groups in total. The van der Waals surface area contributed by atoms with Crippen molar-refractivity contribution >= 4 is 22.6 Å². The van der Waals surface area contributed by atoms with Gasteiger partial charge in [-0.1, -0.05) is 29.8 Å². The number of aliphatic carboxylic acids is 1. The number of ether oxygens (including phenoxy) is 2. The van der Waals surface area contributed by atoms with Crippen LogP contribution in [0.3, 0.4) is 0 Å². The highest BCUT2D eigenvalue weighted by Crippen LogP contribution is 2.48. The molecular formula is C32H43N3O4. The number of benzene rings is 2. The third-order valence-corrected chi connectivity index (χ3v) is 8.15. The SMILES string of the molecule is Cc1ccc(-c2c([C@H](OC(C)(C)C)C(=O)O)c(C)c3c4c2cc(C)n4C[C@@H](C)N3CCN2CCOCC2)cc1. The van der Waals surface area contributed by atoms with Gasteiger partial charge in [0.05, 0.1) is 30.0 Å². The van der Waals surface area contributed by atoms with E-state index >= 15 is 0 Å². The van der Waals surface area contributed by atoms with Gasteiger partial charge in [0.25, 0.3) is 0 Å². The molecule has 210 valence electrons. The van der Waals surface area contributed by atoms with Crippen LogP contribution in [0.4, 0.5) is 5.69 Å². The molecule has 5 rings (SSSR count). The third kappa shape index (κ3) is 5.32. The van der Waals surface area contributed by atoms with E-state index in [9.17, 15) is 9.90 Å². The number of hydrogen-bond donors (Lipinski definition) is 1. The summed E-state index contributed by atoms with van der Waals surface area (Å²) in [5.41, 5.74) is 7.80. The van der Waals surface area contributed by atoms with Crippen LogP contribution in [0.1, 0.15) is 56.2 Å². The summed E-state index contributed by atoms with van der Waals surface area (Å²) in [5.74, 6) is -0.965. The van der Waals surface area contributed by atoms with Gasteiger partial charge in [-0.25, -0.2) is 4.79 Å². The molecule has 7 nitrogen and oxygen atoms in total. The van der Waals surface area contributed by atoms with Gasteiger partial charge in [-0.3, -0.25) is 4.90 Å². The van der Waals surface area contributed by atoms with Crippen molar-refractivity contribution in [2.45, 2.75) is 72.8 Å². The average Bonchev–Trinajstić information content (AvgIpc) is 3.20. The van der Waals surface area contributed by atoms with E-state index in [4.69, 9.17) is 9.47 Å². The van der Waals surface area contributed by atoms with E-state index in [1.54, 1.807) is 0 Å². The summed E-state index contributed by atoms with van der Waals surface area (Å²) in [6, 6.07) is 10.9. The normalized spacial score (nSPS) is 19.1. The van der Waals surface area contributed by atoms with Crippen LogP contribution in [-0.4, -0.2) is 71.6 Å². The molecule has 0 spiro atoms. The standard InChI is InChI=1S/C32H43N3O4/c1-20-8-10-24(11-9-20)27-25-18-21(2)35-19-22(3)34(13-12-33-14-16-38-17-15-33)28(29(25)35)23(4)26(27)30(31(36)37)39-32(5,6)7/h8-11,18,22,30H,12-17,19H2,1-7H3,(H,36,37)/t22-,30+/m1/s1. The van der Waals surface area contributed by atoms with Gasteiger partial charge < -0.3 is 24.0 Å². The van der Waals surface area contributed by atoms with Crippen LogP contribution < -0.4 is 4.90 Å². The predicted molar refractivity (Wildman–Crippen MR) is 157 cm³/mol. The molecular weight excluding hydrogens is 490 g/mol. The largest absolute Gasteiger partial charge is 0.479 e. The molecule has 2 aliphatic heterocycles. The second-order valence-corrected chi connectivity index (χ2v) is 12.2. The van der Waals surface area contributed by atoms with Gasteiger partial charge in [-0.15, -0.1) is 0 Å². The number of carboxylic acids is 1. The molecule has 2 aromatic carbocycles. The lowest BCUT2D eigenvalue weighted by Gasteiger charge is -2.41. The Morgan fingerprint density at radius 3 is 2.38 bits per heavy atom. The summed E-state index contributed by atoms with van der Waals surface area (Å²) in [7, 11) is 0. The summed E-state index contributed by atoms with van der Waals surface area (Å²) in [6.07, 6.45) is -1.09. The quantitative estimate of drug-likeness (QED) is 0.419. The van der Waals surface area contributed by atoms with E-state index in [1.807, 2.05) is 20.8 Å². The Morgan fingerprint density at radius 1 is 1.10 bits per heavy atom. The first-order valence-corrected chi connectivity index (χ1v) is 14.2. The van der Waals surface area contributed by atoms with Gasteiger partial charge in [0.2, 0.25) is 0 Å². The number of aryl methyl sites for hydroxylation is 2. The van der Waals surface area contributed by atoms with Crippen LogP contribution in [0.15, 0.2) is 30.3 Å². The van der Waals surface area contributed by atoms with E-state index < -0.39 is 17.7 Å². The molecule has 1 fully saturated rings. The lowest BCUT2D eigenvalue weighted by molar-refractivity contribution is -0.160. The Labute approximate surface area is 232 Å². The number of anilines is 1. The maximum atomic E-state index is 12.9. The Hall–Kier alpha value is -2.87. The first-order chi connectivity index (χ1) is 18.5. The van der Waals surface area contributed by atoms with Crippen molar-refractivity contribution in [2.75, 3.05) is 44.3 Å². The van der Waals surface area contributed by atoms with Crippen molar-refractivity contribution in [1.82, 2.24) is 9.47 Å². The van der Waals surface area contributed by atoms with Crippen molar-refractivity contribution < 1.29 is 19.4 Å². The van der Waals surface area contributed by atoms with Crippen LogP contribution in [-0.2, 0) is 20.8 Å². The summed E-state index contributed by atoms with van der Waals surface area (Å²) in [4.78, 5) is 17.9. The van der Waals surface area contributed by atoms with Gasteiger partial charge in [0.1, 0.15) is 0 Å². The number of hydrogen-bond acceptors (Lipinski definition) is 5. The number of nitrogens with zero attached hydrogens (tertiary/aromatic N) is 3. The topological polar surface area (TPSA) is 67.2 Å². The number of rotatable bonds is 7. The minimum Gasteiger partial charge on any atom is -0.479 e. The molecule has 3 heterocycles. The van der Waals surface area contributed by atoms with Crippen LogP contribution in [0.5, 0.6) is 0 Å². The smallest absolute Gasteiger partial charge is 0.337 e. The third-order valence-electron chi connectivity index (χ3n) is 8.15. The zero-order valence-electron chi connectivity index (χ0n) is 24.5. The monoisotopic (exact) mass is 533 g/mol. The van der Waals surface area contributed by atoms with E-state index in [0.717, 1.165) is 79.3 Å². The molecule has 1 saturated heterocycles. The summed E-state index contributed by atoms with van der Waals surface area (Å²) >= 11 is 0. The zero-order chi connectivity index (χ0) is 28.1. The Balaban J connectivity index is 1.76. The summed E-state index contributed by atoms with van der Waals surface area (Å²) in [5, 5.41) is 11.7. The number of carbonyl (C=O) groups is 1. The summed E-state index contributed by atoms with van der Waals surface area (Å²) in [6.45, 7) is 20.5. The van der Waals surface area contributed by atoms with Crippen molar-refractivity contribution in [1.29, 1.82) is 0 Å². The van der Waals surface area contributed by atoms with E-state index in [0.29, 0.717) is 0 Å². The Kier molecular flexibility index (Phi) is 7.53. The number of aromatic nitrogens is 1. The second-order valence-electron chi connectivity index (χ2n) is 12.2. The maximum absolute atomic E-state index is 12.9. The van der Waals surface area contributed by atoms with Crippen molar-refractivity contribution in [3.63, 3.8) is 0 Å². The van der Waals surface area contributed by atoms with Gasteiger partial charge >= 0.3 is 5.97 Å². The maximum Gasteiger partial charge on any atom is 0.337 e. The Morgan fingerprint density at radius 2 is 1.77 bits per heavy atom. The highest BCUT2D eigenvalue weighted by molar-refractivity contribution is 6.07. The second kappa shape index (κ2) is 10.6. The molecule has 7 heteroatoms. The minimum atomic E-state index is -1.09. The van der Waals surface area contributed by atoms with E-state index in [-0.39, 0.29) is 6.04 Å². The average molecular weight is 534 g/mol. The predicted octanol–water partition coefficient (Wildman–Crippen LogP) is 5.72. The molecule has 2 aliphatic rings. The molecule has 1 aromatic heterocycles. The Bertz CT molecular complexity index is 1360. The molecule has 0 bridgehead atoms. The lowest BCUT2D eigenvalue weighted by Crippen LogP contribution is -2.47. The van der Waals surface area contributed by atoms with Gasteiger partial charge in [0.15, 0.2) is 6.10 Å². The van der Waals surface area contributed by atoms with Crippen LogP contribution >= 0.6 is 0 Å². The first-order valence-electron chi connectivity index (χ1n) is 14.2. The molecule has 39 heavy (non-hydrogen) atoms. The van der Waals surface area contributed by atoms with Crippen LogP contribution in [0.25, 0.3) is 22.0 Å². The number of morpholine rings is 1. The fourth-order valence-corrected chi connectivity index (χ4v) is 6.28. The number of carboxylic acid groups (broad SMARTS) is 1. The first kappa shape index (κ1) is 27.7. The highest BCUT2D eigenvalue weighted by atomic mass is 16.5. The van der Waals surface area contributed by atoms with Crippen LogP contribution in [0.2, 0.25) is 0 Å². The van der Waals surface area contributed by atoms with Gasteiger partial charge in [-0.2, -0.15) is 0 Å². The minimum absolute atomic E-state index is 0.274. The molecule has 0 radical (unpaired) electrons. The highest BCUT2D eigenvalue weighted by Gasteiger charge is 2.37. The van der Waals surface area contributed by atoms with E-state index in [2.05, 4.69) is 72.4 Å². The van der Waals surface area contributed by atoms with Crippen molar-refractivity contribution in [2.24, 2.45) is 0 Å². The van der Waals surface area contributed by atoms with Crippen molar-refractivity contribution in [3.05, 3.63) is 52.7 Å². The molecule has 2 atom stereocenters. The van der Waals surface area contributed by atoms with Gasteiger partial charge in [0, 0.05) is 55.4 Å². The van der Waals surface area contributed by atoms with Crippen LogP contribution in [0, 0.1) is 20.8 Å². The van der Waals surface area contributed by atoms with Crippen molar-refractivity contribution in [3.8, 4) is 11.1 Å². The fraction of sp³-hybridized carbons (Fsp3) is 0.531. The lowest BCUT2D eigenvalue weighted by atomic mass is 9.86. The molecule has 3 aromatic rings. The fourth-order valence-electron chi connectivity index (χ4n) is 6.28. The summed E-state index contributed by atoms with van der Waals surface area (Å²) < 4.78 is 14.3. The van der Waals surface area contributed by atoms with E-state index in [1.165, 1.54) is 16.8 Å². The van der Waals surface area contributed by atoms with Gasteiger partial charge in [-0.05, 0) is 71.2 Å². The molecule has 0 amide bonds. The zero-order valence-corrected chi connectivity index (χ0v) is 24.5. The molecule has 0 unspecified atom stereocenters. The molecule has 0 aliphatic carbocycles.